The van der Waals surface area contributed by atoms with Crippen LogP contribution in [0, 0.1) is 11.3 Å². The number of hydrogen-bond acceptors (Lipinski definition) is 3. The van der Waals surface area contributed by atoms with Gasteiger partial charge in [0.2, 0.25) is 0 Å². The summed E-state index contributed by atoms with van der Waals surface area (Å²) in [6.07, 6.45) is 1.60. The second kappa shape index (κ2) is 5.05. The first-order chi connectivity index (χ1) is 8.20. The minimum atomic E-state index is 0.457. The number of anilines is 2. The van der Waals surface area contributed by atoms with Crippen LogP contribution in [0.2, 0.25) is 10.0 Å². The van der Waals surface area contributed by atoms with Gasteiger partial charge in [-0.05, 0) is 30.3 Å². The van der Waals surface area contributed by atoms with Gasteiger partial charge in [-0.3, -0.25) is 0 Å². The van der Waals surface area contributed by atoms with Crippen LogP contribution in [0.4, 0.5) is 11.5 Å². The van der Waals surface area contributed by atoms with Crippen LogP contribution in [0.3, 0.4) is 0 Å². The van der Waals surface area contributed by atoms with Gasteiger partial charge < -0.3 is 5.32 Å². The predicted molar refractivity (Wildman–Crippen MR) is 68.7 cm³/mol. The van der Waals surface area contributed by atoms with Gasteiger partial charge >= 0.3 is 0 Å². The largest absolute Gasteiger partial charge is 0.338 e. The van der Waals surface area contributed by atoms with Crippen molar-refractivity contribution < 1.29 is 0 Å². The van der Waals surface area contributed by atoms with Crippen LogP contribution >= 0.6 is 23.2 Å². The Morgan fingerprint density at radius 3 is 2.76 bits per heavy atom. The zero-order chi connectivity index (χ0) is 12.3. The molecule has 1 aromatic heterocycles. The van der Waals surface area contributed by atoms with Crippen molar-refractivity contribution in [2.24, 2.45) is 0 Å². The summed E-state index contributed by atoms with van der Waals surface area (Å²) >= 11 is 11.8. The molecule has 3 nitrogen and oxygen atoms in total. The van der Waals surface area contributed by atoms with Gasteiger partial charge in [0.1, 0.15) is 11.9 Å². The third-order valence-electron chi connectivity index (χ3n) is 2.11. The summed E-state index contributed by atoms with van der Waals surface area (Å²) in [5.74, 6) is 0.472. The molecule has 0 atom stereocenters. The van der Waals surface area contributed by atoms with Crippen molar-refractivity contribution in [1.29, 1.82) is 5.26 Å². The molecule has 0 fully saturated rings. The fraction of sp³-hybridized carbons (Fsp3) is 0. The Kier molecular flexibility index (Phi) is 3.48. The Hall–Kier alpha value is -1.76. The van der Waals surface area contributed by atoms with E-state index >= 15 is 0 Å². The fourth-order valence-electron chi connectivity index (χ4n) is 1.31. The molecule has 2 aromatic rings. The van der Waals surface area contributed by atoms with Crippen LogP contribution in [0.25, 0.3) is 0 Å². The monoisotopic (exact) mass is 263 g/mol. The van der Waals surface area contributed by atoms with E-state index in [1.807, 2.05) is 0 Å². The minimum absolute atomic E-state index is 0.457. The van der Waals surface area contributed by atoms with E-state index in [9.17, 15) is 0 Å². The van der Waals surface area contributed by atoms with E-state index in [-0.39, 0.29) is 0 Å². The van der Waals surface area contributed by atoms with Gasteiger partial charge in [-0.15, -0.1) is 0 Å². The van der Waals surface area contributed by atoms with E-state index in [1.165, 1.54) is 0 Å². The second-order valence-electron chi connectivity index (χ2n) is 3.26. The van der Waals surface area contributed by atoms with E-state index in [2.05, 4.69) is 16.4 Å². The van der Waals surface area contributed by atoms with Crippen molar-refractivity contribution in [1.82, 2.24) is 4.98 Å². The summed E-state index contributed by atoms with van der Waals surface area (Å²) in [5, 5.41) is 13.0. The quantitative estimate of drug-likeness (QED) is 0.891. The van der Waals surface area contributed by atoms with Gasteiger partial charge in [-0.25, -0.2) is 4.98 Å². The number of nitrogens with zero attached hydrogens (tertiary/aromatic N) is 2. The summed E-state index contributed by atoms with van der Waals surface area (Å²) < 4.78 is 0. The predicted octanol–water partition coefficient (Wildman–Crippen LogP) is 4.00. The van der Waals surface area contributed by atoms with Gasteiger partial charge in [0, 0.05) is 11.2 Å². The molecule has 2 rings (SSSR count). The maximum absolute atomic E-state index is 8.93. The number of nitrogens with one attached hydrogen (secondary N) is 1. The molecule has 17 heavy (non-hydrogen) atoms. The number of benzene rings is 1. The molecule has 1 aromatic carbocycles. The molecule has 0 aliphatic rings. The van der Waals surface area contributed by atoms with E-state index in [4.69, 9.17) is 28.5 Å². The van der Waals surface area contributed by atoms with Crippen molar-refractivity contribution in [2.45, 2.75) is 0 Å². The fourth-order valence-corrected chi connectivity index (χ4v) is 1.77. The van der Waals surface area contributed by atoms with Gasteiger partial charge in [0.05, 0.1) is 16.3 Å². The average Bonchev–Trinajstić information content (AvgIpc) is 2.33. The average molecular weight is 264 g/mol. The number of pyridine rings is 1. The number of hydrogen-bond donors (Lipinski definition) is 1. The molecule has 84 valence electrons. The van der Waals surface area contributed by atoms with Crippen molar-refractivity contribution in [2.75, 3.05) is 5.32 Å². The van der Waals surface area contributed by atoms with Crippen LogP contribution in [-0.4, -0.2) is 4.98 Å². The topological polar surface area (TPSA) is 48.7 Å². The van der Waals surface area contributed by atoms with E-state index < -0.39 is 0 Å². The first-order valence-electron chi connectivity index (χ1n) is 4.78. The molecule has 0 saturated carbocycles. The molecule has 5 heteroatoms. The van der Waals surface area contributed by atoms with E-state index in [0.29, 0.717) is 27.1 Å². The molecule has 0 radical (unpaired) electrons. The van der Waals surface area contributed by atoms with Crippen LogP contribution < -0.4 is 5.32 Å². The lowest BCUT2D eigenvalue weighted by Crippen LogP contribution is -1.96. The van der Waals surface area contributed by atoms with Crippen LogP contribution in [-0.2, 0) is 0 Å². The molecule has 0 saturated heterocycles. The smallest absolute Gasteiger partial charge is 0.148 e. The van der Waals surface area contributed by atoms with Gasteiger partial charge in [0.25, 0.3) is 0 Å². The van der Waals surface area contributed by atoms with Crippen molar-refractivity contribution in [3.8, 4) is 6.07 Å². The summed E-state index contributed by atoms with van der Waals surface area (Å²) in [6.45, 7) is 0. The molecule has 1 N–H and O–H groups in total. The highest BCUT2D eigenvalue weighted by atomic mass is 35.5. The maximum Gasteiger partial charge on any atom is 0.148 e. The first kappa shape index (κ1) is 11.7. The summed E-state index contributed by atoms with van der Waals surface area (Å²) in [6, 6.07) is 10.5. The number of aromatic nitrogens is 1. The second-order valence-corrected chi connectivity index (χ2v) is 4.10. The normalized spacial score (nSPS) is 9.71. The molecule has 0 aliphatic carbocycles. The van der Waals surface area contributed by atoms with Gasteiger partial charge in [-0.1, -0.05) is 23.2 Å². The lowest BCUT2D eigenvalue weighted by molar-refractivity contribution is 1.28. The van der Waals surface area contributed by atoms with E-state index in [1.54, 1.807) is 36.5 Å². The van der Waals surface area contributed by atoms with Gasteiger partial charge in [0.15, 0.2) is 0 Å². The molecule has 0 amide bonds. The summed E-state index contributed by atoms with van der Waals surface area (Å²) in [4.78, 5) is 4.08. The lowest BCUT2D eigenvalue weighted by Gasteiger charge is -2.08. The summed E-state index contributed by atoms with van der Waals surface area (Å²) in [7, 11) is 0. The zero-order valence-electron chi connectivity index (χ0n) is 8.61. The Bertz CT molecular complexity index is 591. The number of halogens is 2. The molecular weight excluding hydrogens is 257 g/mol. The SMILES string of the molecule is N#Cc1cccnc1Nc1ccc(Cl)cc1Cl. The number of nitriles is 1. The van der Waals surface area contributed by atoms with Gasteiger partial charge in [-0.2, -0.15) is 5.26 Å². The zero-order valence-corrected chi connectivity index (χ0v) is 10.1. The molecular formula is C12H7Cl2N3. The van der Waals surface area contributed by atoms with Crippen LogP contribution in [0.15, 0.2) is 36.5 Å². The lowest BCUT2D eigenvalue weighted by atomic mass is 10.2. The Balaban J connectivity index is 2.35. The Labute approximate surface area is 109 Å². The Morgan fingerprint density at radius 2 is 2.06 bits per heavy atom. The van der Waals surface area contributed by atoms with Crippen molar-refractivity contribution >= 4 is 34.7 Å². The van der Waals surface area contributed by atoms with Crippen LogP contribution in [0.5, 0.6) is 0 Å². The first-order valence-corrected chi connectivity index (χ1v) is 5.53. The van der Waals surface area contributed by atoms with Crippen molar-refractivity contribution in [3.63, 3.8) is 0 Å². The van der Waals surface area contributed by atoms with E-state index in [0.717, 1.165) is 0 Å². The highest BCUT2D eigenvalue weighted by molar-refractivity contribution is 6.36. The number of rotatable bonds is 2. The highest BCUT2D eigenvalue weighted by Gasteiger charge is 2.06. The van der Waals surface area contributed by atoms with Crippen LogP contribution in [0.1, 0.15) is 5.56 Å². The Morgan fingerprint density at radius 1 is 1.24 bits per heavy atom. The summed E-state index contributed by atoms with van der Waals surface area (Å²) in [5.41, 5.74) is 1.12. The third-order valence-corrected chi connectivity index (χ3v) is 2.66. The standard InChI is InChI=1S/C12H7Cl2N3/c13-9-3-4-11(10(14)6-9)17-12-8(7-15)2-1-5-16-12/h1-6H,(H,16,17). The van der Waals surface area contributed by atoms with Crippen molar-refractivity contribution in [3.05, 3.63) is 52.1 Å². The maximum atomic E-state index is 8.93. The molecule has 0 aliphatic heterocycles. The highest BCUT2D eigenvalue weighted by Crippen LogP contribution is 2.28. The molecule has 0 bridgehead atoms. The molecule has 0 spiro atoms. The molecule has 1 heterocycles. The minimum Gasteiger partial charge on any atom is -0.338 e. The molecule has 0 unspecified atom stereocenters. The third kappa shape index (κ3) is 2.68.